The maximum absolute atomic E-state index is 10.3. The van der Waals surface area contributed by atoms with E-state index in [0.717, 1.165) is 31.2 Å². The Kier molecular flexibility index (Phi) is 3.74. The van der Waals surface area contributed by atoms with E-state index < -0.39 is 0 Å². The van der Waals surface area contributed by atoms with E-state index in [2.05, 4.69) is 31.4 Å². The van der Waals surface area contributed by atoms with E-state index in [-0.39, 0.29) is 11.5 Å². The third-order valence-corrected chi connectivity index (χ3v) is 4.94. The van der Waals surface area contributed by atoms with Gasteiger partial charge in [0.25, 0.3) is 0 Å². The summed E-state index contributed by atoms with van der Waals surface area (Å²) >= 11 is 0. The topological polar surface area (TPSA) is 20.2 Å². The zero-order chi connectivity index (χ0) is 14.9. The van der Waals surface area contributed by atoms with Gasteiger partial charge in [-0.25, -0.2) is 0 Å². The smallest absolute Gasteiger partial charge is 0.0595 e. The van der Waals surface area contributed by atoms with Gasteiger partial charge >= 0.3 is 0 Å². The van der Waals surface area contributed by atoms with Gasteiger partial charge in [0, 0.05) is 5.56 Å². The van der Waals surface area contributed by atoms with Crippen molar-refractivity contribution in [2.75, 3.05) is 0 Å². The minimum absolute atomic E-state index is 0.183. The summed E-state index contributed by atoms with van der Waals surface area (Å²) in [6, 6.07) is 10.1. The molecule has 2 bridgehead atoms. The van der Waals surface area contributed by atoms with Crippen LogP contribution in [0.25, 0.3) is 0 Å². The van der Waals surface area contributed by atoms with Crippen molar-refractivity contribution in [3.05, 3.63) is 59.7 Å². The molecule has 0 aliphatic heterocycles. The average molecular weight is 278 g/mol. The highest BCUT2D eigenvalue weighted by molar-refractivity contribution is 5.40. The second kappa shape index (κ2) is 5.54. The van der Waals surface area contributed by atoms with E-state index in [1.54, 1.807) is 0 Å². The molecule has 1 heteroatoms. The zero-order valence-electron chi connectivity index (χ0n) is 12.6. The van der Waals surface area contributed by atoms with Crippen LogP contribution in [0.15, 0.2) is 54.1 Å². The van der Waals surface area contributed by atoms with Crippen molar-refractivity contribution in [1.29, 1.82) is 0 Å². The fourth-order valence-corrected chi connectivity index (χ4v) is 3.59. The number of allylic oxidation sites excluding steroid dienone is 2. The van der Waals surface area contributed by atoms with Gasteiger partial charge < -0.3 is 5.11 Å². The van der Waals surface area contributed by atoms with Crippen LogP contribution in [0.4, 0.5) is 0 Å². The second-order valence-corrected chi connectivity index (χ2v) is 6.44. The van der Waals surface area contributed by atoms with Crippen molar-refractivity contribution < 1.29 is 5.11 Å². The van der Waals surface area contributed by atoms with Crippen LogP contribution < -0.4 is 0 Å². The summed E-state index contributed by atoms with van der Waals surface area (Å²) in [6.07, 6.45) is 5.48. The fourth-order valence-electron chi connectivity index (χ4n) is 3.59. The van der Waals surface area contributed by atoms with E-state index in [0.29, 0.717) is 5.92 Å². The molecule has 21 heavy (non-hydrogen) atoms. The first-order valence-corrected chi connectivity index (χ1v) is 7.70. The van der Waals surface area contributed by atoms with E-state index in [4.69, 9.17) is 0 Å². The zero-order valence-corrected chi connectivity index (χ0v) is 12.6. The molecule has 0 saturated heterocycles. The molecule has 2 aliphatic rings. The van der Waals surface area contributed by atoms with Crippen LogP contribution in [0.1, 0.15) is 38.2 Å². The van der Waals surface area contributed by atoms with Gasteiger partial charge in [0.05, 0.1) is 11.5 Å². The number of hydrogen-bond acceptors (Lipinski definition) is 1. The summed E-state index contributed by atoms with van der Waals surface area (Å²) in [5.41, 5.74) is 3.36. The normalized spacial score (nSPS) is 31.7. The van der Waals surface area contributed by atoms with E-state index >= 15 is 0 Å². The largest absolute Gasteiger partial charge is 0.393 e. The standard InChI is InChI=1S/C20H22O/c1-15-12-19(21)14-20(13-18(15)9-8-16(20)2)11-10-17-6-4-3-5-7-17/h3-8,18-19,21H,1,9,12-14H2,2H3/t18-,19+,20+/m1/s1. The van der Waals surface area contributed by atoms with Crippen LogP contribution in [0, 0.1) is 23.2 Å². The van der Waals surface area contributed by atoms with Gasteiger partial charge in [-0.3, -0.25) is 0 Å². The highest BCUT2D eigenvalue weighted by Gasteiger charge is 2.41. The number of benzene rings is 1. The molecular weight excluding hydrogens is 256 g/mol. The van der Waals surface area contributed by atoms with Crippen molar-refractivity contribution in [2.24, 2.45) is 11.3 Å². The minimum atomic E-state index is -0.325. The Balaban J connectivity index is 2.00. The van der Waals surface area contributed by atoms with Gasteiger partial charge in [0.1, 0.15) is 0 Å². The van der Waals surface area contributed by atoms with Crippen LogP contribution in [0.3, 0.4) is 0 Å². The molecule has 0 unspecified atom stereocenters. The number of aliphatic hydroxyl groups excluding tert-OH is 1. The molecule has 3 rings (SSSR count). The first kappa shape index (κ1) is 14.2. The lowest BCUT2D eigenvalue weighted by atomic mass is 9.67. The molecule has 1 N–H and O–H groups in total. The Morgan fingerprint density at radius 1 is 1.24 bits per heavy atom. The number of hydrogen-bond donors (Lipinski definition) is 1. The molecular formula is C20H22O. The molecule has 0 aromatic heterocycles. The number of aliphatic hydroxyl groups is 1. The van der Waals surface area contributed by atoms with Crippen LogP contribution in [-0.4, -0.2) is 11.2 Å². The van der Waals surface area contributed by atoms with Crippen LogP contribution >= 0.6 is 0 Å². The predicted molar refractivity (Wildman–Crippen MR) is 86.6 cm³/mol. The molecule has 1 aromatic rings. The Morgan fingerprint density at radius 3 is 2.76 bits per heavy atom. The third kappa shape index (κ3) is 2.82. The van der Waals surface area contributed by atoms with Crippen LogP contribution in [0.5, 0.6) is 0 Å². The quantitative estimate of drug-likeness (QED) is 0.560. The van der Waals surface area contributed by atoms with Gasteiger partial charge in [-0.05, 0) is 50.7 Å². The molecule has 3 atom stereocenters. The minimum Gasteiger partial charge on any atom is -0.393 e. The Bertz CT molecular complexity index is 629. The molecule has 1 saturated carbocycles. The number of fused-ring (bicyclic) bond motifs is 2. The lowest BCUT2D eigenvalue weighted by Gasteiger charge is -2.35. The summed E-state index contributed by atoms with van der Waals surface area (Å²) in [7, 11) is 0. The molecule has 0 amide bonds. The fraction of sp³-hybridized carbons (Fsp3) is 0.400. The second-order valence-electron chi connectivity index (χ2n) is 6.44. The lowest BCUT2D eigenvalue weighted by Crippen LogP contribution is -2.28. The average Bonchev–Trinajstić information content (AvgIpc) is 2.58. The van der Waals surface area contributed by atoms with Gasteiger partial charge in [-0.1, -0.05) is 53.8 Å². The molecule has 0 radical (unpaired) electrons. The first-order chi connectivity index (χ1) is 10.1. The summed E-state index contributed by atoms with van der Waals surface area (Å²) in [4.78, 5) is 0. The van der Waals surface area contributed by atoms with Gasteiger partial charge in [0.15, 0.2) is 0 Å². The van der Waals surface area contributed by atoms with Gasteiger partial charge in [0.2, 0.25) is 0 Å². The molecule has 1 fully saturated rings. The molecule has 0 spiro atoms. The first-order valence-electron chi connectivity index (χ1n) is 7.70. The van der Waals surface area contributed by atoms with Gasteiger partial charge in [-0.2, -0.15) is 0 Å². The van der Waals surface area contributed by atoms with Crippen LogP contribution in [-0.2, 0) is 0 Å². The molecule has 1 nitrogen and oxygen atoms in total. The Hall–Kier alpha value is -1.78. The van der Waals surface area contributed by atoms with Crippen LogP contribution in [0.2, 0.25) is 0 Å². The molecule has 1 aromatic carbocycles. The maximum Gasteiger partial charge on any atom is 0.0595 e. The summed E-state index contributed by atoms with van der Waals surface area (Å²) in [5.74, 6) is 7.30. The van der Waals surface area contributed by atoms with Gasteiger partial charge in [-0.15, -0.1) is 0 Å². The molecule has 2 aliphatic carbocycles. The summed E-state index contributed by atoms with van der Waals surface area (Å²) in [6.45, 7) is 6.35. The maximum atomic E-state index is 10.3. The van der Waals surface area contributed by atoms with Crippen molar-refractivity contribution in [1.82, 2.24) is 0 Å². The monoisotopic (exact) mass is 278 g/mol. The highest BCUT2D eigenvalue weighted by atomic mass is 16.3. The Morgan fingerprint density at radius 2 is 2.00 bits per heavy atom. The molecule has 0 heterocycles. The van der Waals surface area contributed by atoms with E-state index in [1.807, 2.05) is 30.3 Å². The van der Waals surface area contributed by atoms with Crippen molar-refractivity contribution >= 4 is 0 Å². The van der Waals surface area contributed by atoms with Crippen molar-refractivity contribution in [3.8, 4) is 11.8 Å². The summed E-state index contributed by atoms with van der Waals surface area (Å²) < 4.78 is 0. The Labute approximate surface area is 127 Å². The highest BCUT2D eigenvalue weighted by Crippen LogP contribution is 2.48. The van der Waals surface area contributed by atoms with Crippen molar-refractivity contribution in [3.63, 3.8) is 0 Å². The van der Waals surface area contributed by atoms with E-state index in [9.17, 15) is 5.11 Å². The van der Waals surface area contributed by atoms with E-state index in [1.165, 1.54) is 11.1 Å². The third-order valence-electron chi connectivity index (χ3n) is 4.94. The predicted octanol–water partition coefficient (Wildman–Crippen LogP) is 4.09. The lowest BCUT2D eigenvalue weighted by molar-refractivity contribution is 0.138. The van der Waals surface area contributed by atoms with Crippen molar-refractivity contribution in [2.45, 2.75) is 38.7 Å². The SMILES string of the molecule is C=C1C[C@H](O)C[C@]2(C#Cc3ccccc3)C[C@H]1CC=C2C. The molecule has 108 valence electrons. The number of rotatable bonds is 0. The summed E-state index contributed by atoms with van der Waals surface area (Å²) in [5, 5.41) is 10.3.